The van der Waals surface area contributed by atoms with Gasteiger partial charge in [-0.2, -0.15) is 0 Å². The maximum absolute atomic E-state index is 5.50. The number of para-hydroxylation sites is 2. The minimum Gasteiger partial charge on any atom is -0.492 e. The number of aromatic nitrogens is 2. The average molecular weight is 230 g/mol. The van der Waals surface area contributed by atoms with E-state index in [1.807, 2.05) is 31.2 Å². The van der Waals surface area contributed by atoms with Crippen LogP contribution in [0.3, 0.4) is 0 Å². The number of nitrogens with two attached hydrogens (primary N) is 1. The Labute approximate surface area is 99.6 Å². The molecule has 3 N–H and O–H groups in total. The van der Waals surface area contributed by atoms with Crippen molar-refractivity contribution < 1.29 is 4.74 Å². The van der Waals surface area contributed by atoms with Crippen molar-refractivity contribution >= 4 is 17.3 Å². The largest absolute Gasteiger partial charge is 0.492 e. The maximum Gasteiger partial charge on any atom is 0.153 e. The van der Waals surface area contributed by atoms with Crippen molar-refractivity contribution in [1.29, 1.82) is 0 Å². The topological polar surface area (TPSA) is 73.1 Å². The van der Waals surface area contributed by atoms with Gasteiger partial charge in [0.05, 0.1) is 12.3 Å². The van der Waals surface area contributed by atoms with Crippen LogP contribution in [0.1, 0.15) is 6.92 Å². The monoisotopic (exact) mass is 230 g/mol. The number of nitrogen functional groups attached to an aromatic ring is 1. The van der Waals surface area contributed by atoms with Gasteiger partial charge in [-0.1, -0.05) is 12.1 Å². The van der Waals surface area contributed by atoms with Crippen molar-refractivity contribution in [3.05, 3.63) is 36.4 Å². The molecule has 0 spiro atoms. The molecule has 0 saturated carbocycles. The third-order valence-electron chi connectivity index (χ3n) is 2.13. The zero-order chi connectivity index (χ0) is 12.1. The second kappa shape index (κ2) is 5.16. The lowest BCUT2D eigenvalue weighted by atomic mass is 10.3. The normalized spacial score (nSPS) is 9.94. The molecule has 0 atom stereocenters. The quantitative estimate of drug-likeness (QED) is 0.842. The lowest BCUT2D eigenvalue weighted by molar-refractivity contribution is 0.342. The average Bonchev–Trinajstić information content (AvgIpc) is 2.35. The molecule has 1 aromatic carbocycles. The Bertz CT molecular complexity index is 484. The fourth-order valence-electron chi connectivity index (χ4n) is 1.40. The number of hydrogen-bond acceptors (Lipinski definition) is 5. The molecule has 0 fully saturated rings. The van der Waals surface area contributed by atoms with Crippen molar-refractivity contribution in [3.63, 3.8) is 0 Å². The summed E-state index contributed by atoms with van der Waals surface area (Å²) in [6, 6.07) is 11.1. The van der Waals surface area contributed by atoms with Crippen LogP contribution in [0.2, 0.25) is 0 Å². The molecule has 0 bridgehead atoms. The molecule has 0 aliphatic rings. The van der Waals surface area contributed by atoms with Gasteiger partial charge in [0, 0.05) is 0 Å². The van der Waals surface area contributed by atoms with Crippen LogP contribution in [-0.4, -0.2) is 16.8 Å². The third kappa shape index (κ3) is 2.84. The molecule has 0 aliphatic carbocycles. The van der Waals surface area contributed by atoms with E-state index in [0.717, 1.165) is 11.4 Å². The van der Waals surface area contributed by atoms with E-state index in [4.69, 9.17) is 10.5 Å². The van der Waals surface area contributed by atoms with Gasteiger partial charge in [-0.25, -0.2) is 0 Å². The Morgan fingerprint density at radius 1 is 1.18 bits per heavy atom. The fourth-order valence-corrected chi connectivity index (χ4v) is 1.40. The first-order valence-electron chi connectivity index (χ1n) is 5.37. The molecule has 5 nitrogen and oxygen atoms in total. The Morgan fingerprint density at radius 3 is 2.71 bits per heavy atom. The molecule has 1 aromatic heterocycles. The molecule has 88 valence electrons. The molecular formula is C12H14N4O. The number of nitrogens with zero attached hydrogens (tertiary/aromatic N) is 2. The molecular weight excluding hydrogens is 216 g/mol. The molecule has 0 unspecified atom stereocenters. The summed E-state index contributed by atoms with van der Waals surface area (Å²) in [5.74, 6) is 1.81. The highest BCUT2D eigenvalue weighted by Crippen LogP contribution is 2.26. The molecule has 0 aliphatic heterocycles. The summed E-state index contributed by atoms with van der Waals surface area (Å²) in [5.41, 5.74) is 6.33. The number of nitrogens with one attached hydrogen (secondary N) is 1. The van der Waals surface area contributed by atoms with Gasteiger partial charge in [-0.05, 0) is 31.2 Å². The van der Waals surface area contributed by atoms with Crippen molar-refractivity contribution in [2.45, 2.75) is 6.92 Å². The lowest BCUT2D eigenvalue weighted by Crippen LogP contribution is -2.00. The zero-order valence-corrected chi connectivity index (χ0v) is 9.55. The summed E-state index contributed by atoms with van der Waals surface area (Å²) >= 11 is 0. The van der Waals surface area contributed by atoms with Gasteiger partial charge in [0.25, 0.3) is 0 Å². The van der Waals surface area contributed by atoms with Gasteiger partial charge in [-0.3, -0.25) is 0 Å². The Kier molecular flexibility index (Phi) is 3.40. The first kappa shape index (κ1) is 11.2. The standard InChI is InChI=1S/C12H14N4O/c1-2-17-10-6-4-3-5-9(10)14-12-8-7-11(13)15-16-12/h3-8H,2H2,1H3,(H2,13,15)(H,14,16). The van der Waals surface area contributed by atoms with Crippen LogP contribution >= 0.6 is 0 Å². The summed E-state index contributed by atoms with van der Waals surface area (Å²) in [5, 5.41) is 10.8. The summed E-state index contributed by atoms with van der Waals surface area (Å²) in [7, 11) is 0. The highest BCUT2D eigenvalue weighted by atomic mass is 16.5. The van der Waals surface area contributed by atoms with Crippen LogP contribution in [0.25, 0.3) is 0 Å². The van der Waals surface area contributed by atoms with Crippen LogP contribution in [-0.2, 0) is 0 Å². The Hall–Kier alpha value is -2.30. The van der Waals surface area contributed by atoms with Crippen LogP contribution in [0.15, 0.2) is 36.4 Å². The van der Waals surface area contributed by atoms with Gasteiger partial charge >= 0.3 is 0 Å². The number of rotatable bonds is 4. The molecule has 5 heteroatoms. The minimum absolute atomic E-state index is 0.397. The highest BCUT2D eigenvalue weighted by molar-refractivity contribution is 5.63. The predicted molar refractivity (Wildman–Crippen MR) is 67.3 cm³/mol. The number of anilines is 3. The Balaban J connectivity index is 2.20. The van der Waals surface area contributed by atoms with Gasteiger partial charge in [0.1, 0.15) is 11.6 Å². The lowest BCUT2D eigenvalue weighted by Gasteiger charge is -2.10. The molecule has 2 rings (SSSR count). The summed E-state index contributed by atoms with van der Waals surface area (Å²) < 4.78 is 5.50. The number of benzene rings is 1. The van der Waals surface area contributed by atoms with E-state index in [1.54, 1.807) is 12.1 Å². The second-order valence-corrected chi connectivity index (χ2v) is 3.40. The maximum atomic E-state index is 5.50. The van der Waals surface area contributed by atoms with E-state index in [2.05, 4.69) is 15.5 Å². The first-order chi connectivity index (χ1) is 8.29. The first-order valence-corrected chi connectivity index (χ1v) is 5.37. The molecule has 0 amide bonds. The minimum atomic E-state index is 0.397. The van der Waals surface area contributed by atoms with Crippen molar-refractivity contribution in [3.8, 4) is 5.75 Å². The van der Waals surface area contributed by atoms with Gasteiger partial charge in [0.2, 0.25) is 0 Å². The predicted octanol–water partition coefficient (Wildman–Crippen LogP) is 2.20. The van der Waals surface area contributed by atoms with Gasteiger partial charge in [0.15, 0.2) is 5.82 Å². The van der Waals surface area contributed by atoms with Crippen molar-refractivity contribution in [2.75, 3.05) is 17.7 Å². The number of ether oxygens (including phenoxy) is 1. The fraction of sp³-hybridized carbons (Fsp3) is 0.167. The van der Waals surface area contributed by atoms with Crippen LogP contribution in [0, 0.1) is 0 Å². The van der Waals surface area contributed by atoms with Crippen LogP contribution in [0.5, 0.6) is 5.75 Å². The van der Waals surface area contributed by atoms with Crippen LogP contribution < -0.4 is 15.8 Å². The van der Waals surface area contributed by atoms with E-state index >= 15 is 0 Å². The Morgan fingerprint density at radius 2 is 2.00 bits per heavy atom. The van der Waals surface area contributed by atoms with Crippen molar-refractivity contribution in [1.82, 2.24) is 10.2 Å². The van der Waals surface area contributed by atoms with Gasteiger partial charge < -0.3 is 15.8 Å². The molecule has 1 heterocycles. The summed E-state index contributed by atoms with van der Waals surface area (Å²) in [6.07, 6.45) is 0. The SMILES string of the molecule is CCOc1ccccc1Nc1ccc(N)nn1. The third-order valence-corrected chi connectivity index (χ3v) is 2.13. The smallest absolute Gasteiger partial charge is 0.153 e. The van der Waals surface area contributed by atoms with E-state index in [9.17, 15) is 0 Å². The molecule has 17 heavy (non-hydrogen) atoms. The summed E-state index contributed by atoms with van der Waals surface area (Å²) in [4.78, 5) is 0. The molecule has 2 aromatic rings. The number of hydrogen-bond donors (Lipinski definition) is 2. The van der Waals surface area contributed by atoms with E-state index < -0.39 is 0 Å². The van der Waals surface area contributed by atoms with E-state index in [1.165, 1.54) is 0 Å². The van der Waals surface area contributed by atoms with E-state index in [-0.39, 0.29) is 0 Å². The van der Waals surface area contributed by atoms with Crippen LogP contribution in [0.4, 0.5) is 17.3 Å². The van der Waals surface area contributed by atoms with Gasteiger partial charge in [-0.15, -0.1) is 10.2 Å². The van der Waals surface area contributed by atoms with Crippen molar-refractivity contribution in [2.24, 2.45) is 0 Å². The summed E-state index contributed by atoms with van der Waals surface area (Å²) in [6.45, 7) is 2.56. The molecule has 0 radical (unpaired) electrons. The zero-order valence-electron chi connectivity index (χ0n) is 9.55. The highest BCUT2D eigenvalue weighted by Gasteiger charge is 2.03. The van der Waals surface area contributed by atoms with E-state index in [0.29, 0.717) is 18.2 Å². The second-order valence-electron chi connectivity index (χ2n) is 3.40. The molecule has 0 saturated heterocycles.